The molecular formula is C26H30ClN3O3. The molecule has 0 radical (unpaired) electrons. The summed E-state index contributed by atoms with van der Waals surface area (Å²) < 4.78 is 5.16. The van der Waals surface area contributed by atoms with Crippen molar-refractivity contribution in [3.05, 3.63) is 86.7 Å². The number of aryl methyl sites for hydroxylation is 2. The van der Waals surface area contributed by atoms with Gasteiger partial charge in [-0.2, -0.15) is 0 Å². The van der Waals surface area contributed by atoms with Crippen LogP contribution in [0.3, 0.4) is 0 Å². The maximum absolute atomic E-state index is 13.4. The van der Waals surface area contributed by atoms with Gasteiger partial charge in [0.2, 0.25) is 0 Å². The monoisotopic (exact) mass is 467 g/mol. The standard InChI is InChI=1S/C26H30ClN3O3/c1-6-33-25(31)24-17(3)21(19(5)28-24)15-30(14-20-12-10-16(2)11-13-20)26(32)29-23-9-7-8-22(27)18(23)4/h7-13,28H,6,14-15H2,1-5H3,(H,29,32). The number of urea groups is 1. The number of ether oxygens (including phenoxy) is 1. The van der Waals surface area contributed by atoms with Crippen LogP contribution in [0.1, 0.15) is 50.9 Å². The van der Waals surface area contributed by atoms with Crippen molar-refractivity contribution in [3.63, 3.8) is 0 Å². The molecule has 6 nitrogen and oxygen atoms in total. The summed E-state index contributed by atoms with van der Waals surface area (Å²) in [6.45, 7) is 10.5. The number of hydrogen-bond acceptors (Lipinski definition) is 3. The maximum atomic E-state index is 13.4. The van der Waals surface area contributed by atoms with Gasteiger partial charge in [0.1, 0.15) is 5.69 Å². The molecule has 3 rings (SSSR count). The number of carbonyl (C=O) groups is 2. The van der Waals surface area contributed by atoms with Crippen LogP contribution in [0, 0.1) is 27.7 Å². The lowest BCUT2D eigenvalue weighted by molar-refractivity contribution is 0.0519. The number of esters is 1. The Kier molecular flexibility index (Phi) is 7.82. The lowest BCUT2D eigenvalue weighted by Gasteiger charge is -2.24. The van der Waals surface area contributed by atoms with E-state index in [4.69, 9.17) is 16.3 Å². The second kappa shape index (κ2) is 10.6. The highest BCUT2D eigenvalue weighted by Gasteiger charge is 2.23. The van der Waals surface area contributed by atoms with E-state index < -0.39 is 5.97 Å². The molecular weight excluding hydrogens is 438 g/mol. The SMILES string of the molecule is CCOC(=O)c1[nH]c(C)c(CN(Cc2ccc(C)cc2)C(=O)Nc2cccc(Cl)c2C)c1C. The van der Waals surface area contributed by atoms with E-state index in [2.05, 4.69) is 10.3 Å². The highest BCUT2D eigenvalue weighted by Crippen LogP contribution is 2.25. The van der Waals surface area contributed by atoms with E-state index in [-0.39, 0.29) is 6.03 Å². The number of aromatic amines is 1. The Morgan fingerprint density at radius 3 is 2.36 bits per heavy atom. The number of halogens is 1. The molecule has 2 aromatic carbocycles. The molecule has 174 valence electrons. The third-order valence-corrected chi connectivity index (χ3v) is 6.12. The molecule has 2 amide bonds. The molecule has 3 aromatic rings. The van der Waals surface area contributed by atoms with Crippen LogP contribution >= 0.6 is 11.6 Å². The van der Waals surface area contributed by atoms with Crippen molar-refractivity contribution in [2.24, 2.45) is 0 Å². The number of rotatable bonds is 7. The number of hydrogen-bond donors (Lipinski definition) is 2. The largest absolute Gasteiger partial charge is 0.461 e. The molecule has 0 spiro atoms. The van der Waals surface area contributed by atoms with Gasteiger partial charge < -0.3 is 19.9 Å². The normalized spacial score (nSPS) is 10.7. The van der Waals surface area contributed by atoms with Gasteiger partial charge in [0.05, 0.1) is 6.61 Å². The van der Waals surface area contributed by atoms with Crippen molar-refractivity contribution in [1.82, 2.24) is 9.88 Å². The predicted octanol–water partition coefficient (Wildman–Crippen LogP) is 6.31. The van der Waals surface area contributed by atoms with Crippen molar-refractivity contribution in [1.29, 1.82) is 0 Å². The van der Waals surface area contributed by atoms with E-state index in [1.165, 1.54) is 0 Å². The molecule has 0 aliphatic rings. The molecule has 2 N–H and O–H groups in total. The van der Waals surface area contributed by atoms with Crippen LogP contribution in [0.5, 0.6) is 0 Å². The van der Waals surface area contributed by atoms with Crippen LogP contribution in [-0.2, 0) is 17.8 Å². The smallest absolute Gasteiger partial charge is 0.355 e. The lowest BCUT2D eigenvalue weighted by atomic mass is 10.1. The molecule has 33 heavy (non-hydrogen) atoms. The first-order valence-corrected chi connectivity index (χ1v) is 11.3. The summed E-state index contributed by atoms with van der Waals surface area (Å²) in [6.07, 6.45) is 0. The van der Waals surface area contributed by atoms with Gasteiger partial charge in [0, 0.05) is 29.5 Å². The zero-order valence-electron chi connectivity index (χ0n) is 19.7. The number of nitrogens with zero attached hydrogens (tertiary/aromatic N) is 1. The number of nitrogens with one attached hydrogen (secondary N) is 2. The van der Waals surface area contributed by atoms with Gasteiger partial charge in [-0.15, -0.1) is 0 Å². The third-order valence-electron chi connectivity index (χ3n) is 5.71. The molecule has 0 bridgehead atoms. The molecule has 1 heterocycles. The molecule has 0 unspecified atom stereocenters. The van der Waals surface area contributed by atoms with Crippen LogP contribution in [0.25, 0.3) is 0 Å². The maximum Gasteiger partial charge on any atom is 0.355 e. The number of benzene rings is 2. The highest BCUT2D eigenvalue weighted by molar-refractivity contribution is 6.31. The second-order valence-electron chi connectivity index (χ2n) is 8.13. The fourth-order valence-corrected chi connectivity index (χ4v) is 3.85. The zero-order chi connectivity index (χ0) is 24.1. The molecule has 0 aliphatic heterocycles. The lowest BCUT2D eigenvalue weighted by Crippen LogP contribution is -2.34. The van der Waals surface area contributed by atoms with Crippen molar-refractivity contribution in [2.75, 3.05) is 11.9 Å². The Labute approximate surface area is 199 Å². The Balaban J connectivity index is 1.92. The Hall–Kier alpha value is -3.25. The number of H-pyrrole nitrogens is 1. The van der Waals surface area contributed by atoms with E-state index in [1.54, 1.807) is 24.0 Å². The summed E-state index contributed by atoms with van der Waals surface area (Å²) in [5.41, 5.74) is 6.56. The van der Waals surface area contributed by atoms with Crippen LogP contribution < -0.4 is 5.32 Å². The summed E-state index contributed by atoms with van der Waals surface area (Å²) >= 11 is 6.24. The van der Waals surface area contributed by atoms with E-state index >= 15 is 0 Å². The van der Waals surface area contributed by atoms with Crippen molar-refractivity contribution < 1.29 is 14.3 Å². The highest BCUT2D eigenvalue weighted by atomic mass is 35.5. The van der Waals surface area contributed by atoms with Crippen molar-refractivity contribution in [3.8, 4) is 0 Å². The van der Waals surface area contributed by atoms with Gasteiger partial charge in [0.25, 0.3) is 0 Å². The molecule has 7 heteroatoms. The van der Waals surface area contributed by atoms with Crippen LogP contribution in [0.2, 0.25) is 5.02 Å². The first-order chi connectivity index (χ1) is 15.7. The van der Waals surface area contributed by atoms with E-state index in [0.717, 1.165) is 33.5 Å². The number of carbonyl (C=O) groups excluding carboxylic acids is 2. The number of anilines is 1. The molecule has 1 aromatic heterocycles. The van der Waals surface area contributed by atoms with Gasteiger partial charge in [-0.1, -0.05) is 47.5 Å². The molecule has 0 saturated carbocycles. The number of aromatic nitrogens is 1. The summed E-state index contributed by atoms with van der Waals surface area (Å²) in [5.74, 6) is -0.395. The quantitative estimate of drug-likeness (QED) is 0.399. The Morgan fingerprint density at radius 2 is 1.70 bits per heavy atom. The molecule has 0 atom stereocenters. The van der Waals surface area contributed by atoms with Crippen LogP contribution in [-0.4, -0.2) is 28.5 Å². The van der Waals surface area contributed by atoms with Crippen molar-refractivity contribution in [2.45, 2.75) is 47.7 Å². The zero-order valence-corrected chi connectivity index (χ0v) is 20.5. The topological polar surface area (TPSA) is 74.4 Å². The summed E-state index contributed by atoms with van der Waals surface area (Å²) in [4.78, 5) is 30.6. The third kappa shape index (κ3) is 5.76. The Morgan fingerprint density at radius 1 is 1.00 bits per heavy atom. The first-order valence-electron chi connectivity index (χ1n) is 10.9. The first kappa shape index (κ1) is 24.4. The van der Waals surface area contributed by atoms with E-state index in [1.807, 2.05) is 58.0 Å². The average Bonchev–Trinajstić information content (AvgIpc) is 3.06. The van der Waals surface area contributed by atoms with Crippen molar-refractivity contribution >= 4 is 29.3 Å². The van der Waals surface area contributed by atoms with Gasteiger partial charge in [-0.3, -0.25) is 0 Å². The van der Waals surface area contributed by atoms with Crippen LogP contribution in [0.15, 0.2) is 42.5 Å². The van der Waals surface area contributed by atoms with Crippen LogP contribution in [0.4, 0.5) is 10.5 Å². The fourth-order valence-electron chi connectivity index (χ4n) is 3.67. The summed E-state index contributed by atoms with van der Waals surface area (Å²) in [6, 6.07) is 13.3. The summed E-state index contributed by atoms with van der Waals surface area (Å²) in [5, 5.41) is 3.58. The van der Waals surface area contributed by atoms with E-state index in [9.17, 15) is 9.59 Å². The molecule has 0 aliphatic carbocycles. The predicted molar refractivity (Wildman–Crippen MR) is 132 cm³/mol. The van der Waals surface area contributed by atoms with Gasteiger partial charge in [-0.05, 0) is 69.0 Å². The Bertz CT molecular complexity index is 1150. The molecule has 0 fully saturated rings. The minimum absolute atomic E-state index is 0.251. The number of amides is 2. The second-order valence-corrected chi connectivity index (χ2v) is 8.54. The minimum atomic E-state index is -0.395. The van der Waals surface area contributed by atoms with Gasteiger partial charge in [-0.25, -0.2) is 9.59 Å². The van der Waals surface area contributed by atoms with Gasteiger partial charge >= 0.3 is 12.0 Å². The molecule has 0 saturated heterocycles. The minimum Gasteiger partial charge on any atom is -0.461 e. The van der Waals surface area contributed by atoms with E-state index in [0.29, 0.717) is 36.1 Å². The average molecular weight is 468 g/mol. The van der Waals surface area contributed by atoms with Gasteiger partial charge in [0.15, 0.2) is 0 Å². The summed E-state index contributed by atoms with van der Waals surface area (Å²) in [7, 11) is 0. The fraction of sp³-hybridized carbons (Fsp3) is 0.308.